The van der Waals surface area contributed by atoms with Gasteiger partial charge in [0.05, 0.1) is 23.7 Å². The van der Waals surface area contributed by atoms with Gasteiger partial charge < -0.3 is 14.8 Å². The van der Waals surface area contributed by atoms with Gasteiger partial charge in [-0.2, -0.15) is 13.2 Å². The number of alkyl halides is 3. The molecule has 0 aliphatic carbocycles. The van der Waals surface area contributed by atoms with Gasteiger partial charge >= 0.3 is 12.3 Å². The van der Waals surface area contributed by atoms with Crippen LogP contribution in [0, 0.1) is 17.5 Å². The second kappa shape index (κ2) is 10.2. The zero-order valence-electron chi connectivity index (χ0n) is 20.0. The van der Waals surface area contributed by atoms with E-state index in [-0.39, 0.29) is 6.54 Å². The molecule has 208 valence electrons. The van der Waals surface area contributed by atoms with E-state index in [0.717, 1.165) is 12.1 Å². The molecular weight excluding hydrogens is 548 g/mol. The third kappa shape index (κ3) is 6.06. The van der Waals surface area contributed by atoms with Gasteiger partial charge in [0.15, 0.2) is 23.2 Å². The zero-order valence-corrected chi connectivity index (χ0v) is 20.8. The zero-order chi connectivity index (χ0) is 28.6. The second-order valence-electron chi connectivity index (χ2n) is 8.62. The van der Waals surface area contributed by atoms with Gasteiger partial charge in [-0.15, -0.1) is 0 Å². The molecular formula is C22H21F6N3O6S. The quantitative estimate of drug-likeness (QED) is 0.507. The Morgan fingerprint density at radius 2 is 1.74 bits per heavy atom. The lowest BCUT2D eigenvalue weighted by atomic mass is 10.1. The van der Waals surface area contributed by atoms with Crippen LogP contribution in [0.15, 0.2) is 35.2 Å². The van der Waals surface area contributed by atoms with Crippen molar-refractivity contribution in [1.82, 2.24) is 5.32 Å². The number of halogens is 6. The first-order valence-corrected chi connectivity index (χ1v) is 12.2. The van der Waals surface area contributed by atoms with Crippen LogP contribution < -0.4 is 19.7 Å². The van der Waals surface area contributed by atoms with Gasteiger partial charge in [0.25, 0.3) is 10.0 Å². The lowest BCUT2D eigenvalue weighted by Crippen LogP contribution is -2.48. The minimum atomic E-state index is -4.93. The Hall–Kier alpha value is -3.69. The second-order valence-corrected chi connectivity index (χ2v) is 10.5. The number of hydrogen-bond donors (Lipinski definition) is 2. The number of ether oxygens (including phenoxy) is 2. The first-order valence-electron chi connectivity index (χ1n) is 10.7. The van der Waals surface area contributed by atoms with Gasteiger partial charge in [-0.3, -0.25) is 14.4 Å². The molecule has 0 radical (unpaired) electrons. The summed E-state index contributed by atoms with van der Waals surface area (Å²) >= 11 is 0. The van der Waals surface area contributed by atoms with Gasteiger partial charge in [0.2, 0.25) is 11.5 Å². The molecule has 0 saturated carbocycles. The summed E-state index contributed by atoms with van der Waals surface area (Å²) in [6.07, 6.45) is -7.70. The predicted molar refractivity (Wildman–Crippen MR) is 121 cm³/mol. The summed E-state index contributed by atoms with van der Waals surface area (Å²) in [5.74, 6) is -5.19. The van der Waals surface area contributed by atoms with Crippen molar-refractivity contribution in [2.45, 2.75) is 43.5 Å². The standard InChI is InChI=1S/C22H21F6N3O6S/c1-11(32)29-9-13-10-31(38(34,35)14-4-5-15(23)16(24)8-14)18-7-12(6-17(25)19(18)36-13)30-20(33)37-21(2,3)22(26,27)28/h4-8,13H,9-10H2,1-3H3,(H,29,32)(H,30,33)/t13-/m0/s1. The van der Waals surface area contributed by atoms with Crippen molar-refractivity contribution in [3.05, 3.63) is 47.8 Å². The van der Waals surface area contributed by atoms with Gasteiger partial charge in [-0.05, 0) is 38.1 Å². The smallest absolute Gasteiger partial charge is 0.427 e. The summed E-state index contributed by atoms with van der Waals surface area (Å²) in [6, 6.07) is 3.25. The van der Waals surface area contributed by atoms with E-state index in [4.69, 9.17) is 4.74 Å². The summed E-state index contributed by atoms with van der Waals surface area (Å²) in [7, 11) is -4.72. The highest BCUT2D eigenvalue weighted by atomic mass is 32.2. The highest BCUT2D eigenvalue weighted by Gasteiger charge is 2.51. The average Bonchev–Trinajstić information content (AvgIpc) is 2.78. The lowest BCUT2D eigenvalue weighted by Gasteiger charge is -2.36. The minimum Gasteiger partial charge on any atom is -0.481 e. The maximum Gasteiger partial charge on any atom is 0.427 e. The van der Waals surface area contributed by atoms with Crippen molar-refractivity contribution in [2.24, 2.45) is 0 Å². The first-order chi connectivity index (χ1) is 17.4. The third-order valence-corrected chi connectivity index (χ3v) is 7.06. The van der Waals surface area contributed by atoms with Crippen LogP contribution in [-0.2, 0) is 19.6 Å². The molecule has 16 heteroatoms. The molecule has 2 amide bonds. The number of hydrogen-bond acceptors (Lipinski definition) is 6. The molecule has 3 rings (SSSR count). The van der Waals surface area contributed by atoms with Crippen LogP contribution in [0.3, 0.4) is 0 Å². The molecule has 2 N–H and O–H groups in total. The number of carbonyl (C=O) groups is 2. The van der Waals surface area contributed by atoms with Crippen LogP contribution in [0.5, 0.6) is 5.75 Å². The van der Waals surface area contributed by atoms with Crippen LogP contribution in [0.4, 0.5) is 42.5 Å². The van der Waals surface area contributed by atoms with Crippen LogP contribution in [0.2, 0.25) is 0 Å². The van der Waals surface area contributed by atoms with Crippen molar-refractivity contribution in [3.63, 3.8) is 0 Å². The summed E-state index contributed by atoms with van der Waals surface area (Å²) < 4.78 is 119. The molecule has 2 aromatic carbocycles. The van der Waals surface area contributed by atoms with E-state index < -0.39 is 85.9 Å². The molecule has 1 heterocycles. The van der Waals surface area contributed by atoms with E-state index in [9.17, 15) is 40.0 Å². The fourth-order valence-electron chi connectivity index (χ4n) is 3.23. The summed E-state index contributed by atoms with van der Waals surface area (Å²) in [6.45, 7) is 1.52. The van der Waals surface area contributed by atoms with E-state index in [1.165, 1.54) is 6.92 Å². The normalized spacial score (nSPS) is 15.8. The molecule has 0 fully saturated rings. The topological polar surface area (TPSA) is 114 Å². The minimum absolute atomic E-state index is 0.267. The number of anilines is 2. The Labute approximate surface area is 212 Å². The first kappa shape index (κ1) is 28.9. The molecule has 0 saturated heterocycles. The van der Waals surface area contributed by atoms with Crippen LogP contribution in [0.25, 0.3) is 0 Å². The average molecular weight is 569 g/mol. The number of carbonyl (C=O) groups excluding carboxylic acids is 2. The maximum absolute atomic E-state index is 15.0. The van der Waals surface area contributed by atoms with Gasteiger partial charge in [0, 0.05) is 18.7 Å². The van der Waals surface area contributed by atoms with E-state index in [0.29, 0.717) is 36.4 Å². The van der Waals surface area contributed by atoms with Crippen molar-refractivity contribution >= 4 is 33.4 Å². The largest absolute Gasteiger partial charge is 0.481 e. The summed E-state index contributed by atoms with van der Waals surface area (Å²) in [4.78, 5) is 22.7. The highest BCUT2D eigenvalue weighted by molar-refractivity contribution is 7.92. The van der Waals surface area contributed by atoms with E-state index in [1.54, 1.807) is 0 Å². The molecule has 0 aromatic heterocycles. The Morgan fingerprint density at radius 3 is 2.32 bits per heavy atom. The van der Waals surface area contributed by atoms with Gasteiger partial charge in [-0.1, -0.05) is 0 Å². The van der Waals surface area contributed by atoms with Crippen molar-refractivity contribution < 1.29 is 53.8 Å². The molecule has 1 aliphatic rings. The number of sulfonamides is 1. The fourth-order valence-corrected chi connectivity index (χ4v) is 4.73. The lowest BCUT2D eigenvalue weighted by molar-refractivity contribution is -0.242. The van der Waals surface area contributed by atoms with Gasteiger partial charge in [0.1, 0.15) is 6.10 Å². The Bertz CT molecular complexity index is 1370. The number of amides is 2. The third-order valence-electron chi connectivity index (χ3n) is 5.28. The monoisotopic (exact) mass is 569 g/mol. The fraction of sp³-hybridized carbons (Fsp3) is 0.364. The van der Waals surface area contributed by atoms with Crippen molar-refractivity contribution in [1.29, 1.82) is 0 Å². The van der Waals surface area contributed by atoms with E-state index in [2.05, 4.69) is 10.1 Å². The highest BCUT2D eigenvalue weighted by Crippen LogP contribution is 2.41. The Kier molecular flexibility index (Phi) is 7.77. The Morgan fingerprint density at radius 1 is 1.08 bits per heavy atom. The molecule has 0 spiro atoms. The number of nitrogens with one attached hydrogen (secondary N) is 2. The van der Waals surface area contributed by atoms with Crippen LogP contribution in [0.1, 0.15) is 20.8 Å². The maximum atomic E-state index is 15.0. The molecule has 1 aliphatic heterocycles. The molecule has 9 nitrogen and oxygen atoms in total. The van der Waals surface area contributed by atoms with Gasteiger partial charge in [-0.25, -0.2) is 26.4 Å². The van der Waals surface area contributed by atoms with Crippen LogP contribution >= 0.6 is 0 Å². The number of rotatable bonds is 6. The number of benzene rings is 2. The number of nitrogens with zero attached hydrogens (tertiary/aromatic N) is 1. The molecule has 2 aromatic rings. The van der Waals surface area contributed by atoms with Crippen molar-refractivity contribution in [3.8, 4) is 5.75 Å². The Balaban J connectivity index is 2.04. The molecule has 38 heavy (non-hydrogen) atoms. The van der Waals surface area contributed by atoms with Crippen LogP contribution in [-0.4, -0.2) is 51.4 Å². The summed E-state index contributed by atoms with van der Waals surface area (Å²) in [5, 5.41) is 4.28. The number of fused-ring (bicyclic) bond motifs is 1. The molecule has 0 bridgehead atoms. The van der Waals surface area contributed by atoms with E-state index in [1.807, 2.05) is 5.32 Å². The molecule has 0 unspecified atom stereocenters. The SMILES string of the molecule is CC(=O)NC[C@H]1CN(S(=O)(=O)c2ccc(F)c(F)c2)c2cc(NC(=O)OC(C)(C)C(F)(F)F)cc(F)c2O1. The molecule has 1 atom stereocenters. The van der Waals surface area contributed by atoms with E-state index >= 15 is 4.39 Å². The summed E-state index contributed by atoms with van der Waals surface area (Å²) in [5.41, 5.74) is -3.93. The van der Waals surface area contributed by atoms with Crippen molar-refractivity contribution in [2.75, 3.05) is 22.7 Å². The predicted octanol–water partition coefficient (Wildman–Crippen LogP) is 4.09.